The molecule has 4 saturated carbocycles. The van der Waals surface area contributed by atoms with E-state index in [0.717, 1.165) is 96.3 Å². The number of ether oxygens (including phenoxy) is 2. The molecule has 0 spiro atoms. The molecular formula is C56H86N6O5. The minimum Gasteiger partial charge on any atom is -0.444 e. The molecule has 7 aliphatic rings. The maximum atomic E-state index is 14.1. The topological polar surface area (TPSA) is 126 Å². The van der Waals surface area contributed by atoms with Crippen LogP contribution in [0, 0.1) is 22.7 Å². The third-order valence-electron chi connectivity index (χ3n) is 17.4. The number of hydrogen-bond donors (Lipinski definition) is 2. The van der Waals surface area contributed by atoms with Gasteiger partial charge in [0.15, 0.2) is 0 Å². The lowest BCUT2D eigenvalue weighted by Crippen LogP contribution is -2.49. The first kappa shape index (κ1) is 49.8. The number of aromatic nitrogens is 2. The average molecular weight is 923 g/mol. The lowest BCUT2D eigenvalue weighted by atomic mass is 9.74. The first-order valence-electron chi connectivity index (χ1n) is 27.0. The third kappa shape index (κ3) is 11.7. The van der Waals surface area contributed by atoms with E-state index < -0.39 is 17.1 Å². The monoisotopic (exact) mass is 923 g/mol. The van der Waals surface area contributed by atoms with Crippen LogP contribution in [0.25, 0.3) is 0 Å². The first-order chi connectivity index (χ1) is 32.1. The highest BCUT2D eigenvalue weighted by Gasteiger charge is 2.51. The molecule has 2 aromatic heterocycles. The Morgan fingerprint density at radius 2 is 1.12 bits per heavy atom. The summed E-state index contributed by atoms with van der Waals surface area (Å²) in [7, 11) is 0. The Bertz CT molecular complexity index is 2010. The molecule has 1 saturated heterocycles. The van der Waals surface area contributed by atoms with Crippen LogP contribution in [0.15, 0.2) is 24.5 Å². The maximum absolute atomic E-state index is 14.1. The Labute approximate surface area is 403 Å². The van der Waals surface area contributed by atoms with E-state index in [1.54, 1.807) is 0 Å². The zero-order valence-electron chi connectivity index (χ0n) is 42.6. The van der Waals surface area contributed by atoms with E-state index >= 15 is 0 Å². The fourth-order valence-electron chi connectivity index (χ4n) is 13.2. The number of amides is 3. The molecule has 0 unspecified atom stereocenters. The van der Waals surface area contributed by atoms with Gasteiger partial charge in [0.05, 0.1) is 10.8 Å². The van der Waals surface area contributed by atoms with Crippen LogP contribution in [-0.2, 0) is 45.0 Å². The quantitative estimate of drug-likeness (QED) is 0.255. The van der Waals surface area contributed by atoms with Gasteiger partial charge in [-0.05, 0) is 144 Å². The highest BCUT2D eigenvalue weighted by molar-refractivity contribution is 5.84. The Kier molecular flexibility index (Phi) is 16.1. The van der Waals surface area contributed by atoms with Crippen molar-refractivity contribution in [2.45, 2.75) is 226 Å². The summed E-state index contributed by atoms with van der Waals surface area (Å²) in [5.74, 6) is 2.48. The van der Waals surface area contributed by atoms with Crippen LogP contribution in [-0.4, -0.2) is 87.7 Å². The number of fused-ring (bicyclic) bond motifs is 2. The van der Waals surface area contributed by atoms with Gasteiger partial charge in [0, 0.05) is 94.1 Å². The Hall–Kier alpha value is -3.57. The summed E-state index contributed by atoms with van der Waals surface area (Å²) >= 11 is 0. The molecule has 11 heteroatoms. The van der Waals surface area contributed by atoms with E-state index in [4.69, 9.17) is 19.4 Å². The summed E-state index contributed by atoms with van der Waals surface area (Å²) in [5.41, 5.74) is 6.45. The second-order valence-electron chi connectivity index (χ2n) is 23.6. The van der Waals surface area contributed by atoms with Crippen LogP contribution in [0.4, 0.5) is 4.79 Å². The van der Waals surface area contributed by atoms with Crippen LogP contribution in [0.3, 0.4) is 0 Å². The largest absolute Gasteiger partial charge is 0.444 e. The summed E-state index contributed by atoms with van der Waals surface area (Å²) < 4.78 is 11.0. The van der Waals surface area contributed by atoms with Crippen molar-refractivity contribution in [2.24, 2.45) is 22.7 Å². The van der Waals surface area contributed by atoms with Gasteiger partial charge < -0.3 is 29.9 Å². The summed E-state index contributed by atoms with van der Waals surface area (Å²) in [5, 5.41) is 6.90. The predicted molar refractivity (Wildman–Crippen MR) is 265 cm³/mol. The van der Waals surface area contributed by atoms with Gasteiger partial charge in [-0.15, -0.1) is 0 Å². The third-order valence-corrected chi connectivity index (χ3v) is 17.4. The lowest BCUT2D eigenvalue weighted by Gasteiger charge is -2.40. The van der Waals surface area contributed by atoms with E-state index in [1.807, 2.05) is 20.8 Å². The molecule has 2 N–H and O–H groups in total. The second kappa shape index (κ2) is 21.6. The van der Waals surface area contributed by atoms with E-state index in [2.05, 4.69) is 72.7 Å². The maximum Gasteiger partial charge on any atom is 0.407 e. The number of alkyl carbamates (subject to hydrolysis) is 1. The Morgan fingerprint density at radius 1 is 0.657 bits per heavy atom. The second-order valence-corrected chi connectivity index (χ2v) is 23.6. The molecule has 2 aromatic rings. The SMILES string of the molecule is CC(C)[C@]1(C(=O)N2CCc3ncc(C4CCCCC4)cc3C2)CC[C@@H](NC(=O)OC(C)(C)C)C1.CC(C)[C@]1(C(=O)N2CCc3ncc(C4CCCCC4)cc3C2)CC[C@@H](NC2CCOCC2)C1. The van der Waals surface area contributed by atoms with Gasteiger partial charge in [0.1, 0.15) is 5.60 Å². The Balaban J connectivity index is 0.000000182. The molecule has 3 aliphatic heterocycles. The number of hydrogen-bond acceptors (Lipinski definition) is 8. The van der Waals surface area contributed by atoms with Gasteiger partial charge in [-0.2, -0.15) is 0 Å². The molecule has 370 valence electrons. The van der Waals surface area contributed by atoms with Gasteiger partial charge in [-0.25, -0.2) is 4.79 Å². The fraction of sp³-hybridized carbons (Fsp3) is 0.768. The number of rotatable bonds is 9. The minimum atomic E-state index is -0.528. The molecule has 3 amide bonds. The Morgan fingerprint density at radius 3 is 1.58 bits per heavy atom. The number of carbonyl (C=O) groups is 3. The van der Waals surface area contributed by atoms with Crippen molar-refractivity contribution in [3.05, 3.63) is 58.2 Å². The highest BCUT2D eigenvalue weighted by atomic mass is 16.6. The molecule has 0 radical (unpaired) electrons. The molecule has 5 fully saturated rings. The molecule has 0 aromatic carbocycles. The first-order valence-corrected chi connectivity index (χ1v) is 27.0. The molecule has 0 bridgehead atoms. The predicted octanol–water partition coefficient (Wildman–Crippen LogP) is 10.7. The van der Waals surface area contributed by atoms with Crippen molar-refractivity contribution in [3.8, 4) is 0 Å². The zero-order valence-corrected chi connectivity index (χ0v) is 42.6. The normalized spacial score (nSPS) is 27.6. The molecular weight excluding hydrogens is 837 g/mol. The van der Waals surface area contributed by atoms with Crippen molar-refractivity contribution in [2.75, 3.05) is 26.3 Å². The van der Waals surface area contributed by atoms with Gasteiger partial charge in [-0.3, -0.25) is 19.6 Å². The van der Waals surface area contributed by atoms with E-state index in [9.17, 15) is 14.4 Å². The van der Waals surface area contributed by atoms with Crippen molar-refractivity contribution in [3.63, 3.8) is 0 Å². The van der Waals surface area contributed by atoms with Crippen LogP contribution in [0.2, 0.25) is 0 Å². The zero-order chi connectivity index (χ0) is 47.3. The average Bonchev–Trinajstić information content (AvgIpc) is 3.97. The summed E-state index contributed by atoms with van der Waals surface area (Å²) in [6.07, 6.45) is 26.2. The van der Waals surface area contributed by atoms with E-state index in [1.165, 1.54) is 92.2 Å². The van der Waals surface area contributed by atoms with Gasteiger partial charge in [0.2, 0.25) is 11.8 Å². The summed E-state index contributed by atoms with van der Waals surface area (Å²) in [4.78, 5) is 54.3. The van der Waals surface area contributed by atoms with E-state index in [0.29, 0.717) is 48.7 Å². The van der Waals surface area contributed by atoms with Crippen LogP contribution in [0.1, 0.15) is 210 Å². The molecule has 4 aliphatic carbocycles. The van der Waals surface area contributed by atoms with Crippen LogP contribution >= 0.6 is 0 Å². The molecule has 4 atom stereocenters. The number of nitrogens with zero attached hydrogens (tertiary/aromatic N) is 4. The summed E-state index contributed by atoms with van der Waals surface area (Å²) in [6, 6.07) is 5.70. The van der Waals surface area contributed by atoms with Crippen LogP contribution < -0.4 is 10.6 Å². The molecule has 67 heavy (non-hydrogen) atoms. The molecule has 9 rings (SSSR count). The smallest absolute Gasteiger partial charge is 0.407 e. The van der Waals surface area contributed by atoms with Crippen molar-refractivity contribution < 1.29 is 23.9 Å². The van der Waals surface area contributed by atoms with E-state index in [-0.39, 0.29) is 23.3 Å². The van der Waals surface area contributed by atoms with Crippen molar-refractivity contribution in [1.82, 2.24) is 30.4 Å². The van der Waals surface area contributed by atoms with Gasteiger partial charge >= 0.3 is 6.09 Å². The fourth-order valence-corrected chi connectivity index (χ4v) is 13.2. The van der Waals surface area contributed by atoms with Gasteiger partial charge in [-0.1, -0.05) is 78.4 Å². The van der Waals surface area contributed by atoms with Gasteiger partial charge in [0.25, 0.3) is 0 Å². The van der Waals surface area contributed by atoms with Crippen molar-refractivity contribution in [1.29, 1.82) is 0 Å². The highest BCUT2D eigenvalue weighted by Crippen LogP contribution is 2.48. The van der Waals surface area contributed by atoms with Crippen molar-refractivity contribution >= 4 is 17.9 Å². The number of pyridine rings is 2. The van der Waals surface area contributed by atoms with Crippen LogP contribution in [0.5, 0.6) is 0 Å². The summed E-state index contributed by atoms with van der Waals surface area (Å²) in [6.45, 7) is 19.1. The number of nitrogens with one attached hydrogen (secondary N) is 2. The number of carbonyl (C=O) groups excluding carboxylic acids is 3. The minimum absolute atomic E-state index is 0.0298. The molecule has 11 nitrogen and oxygen atoms in total. The molecule has 5 heterocycles. The standard InChI is InChI=1S/C28H43N3O3.C28H43N3O2/c1-19(2)28(13-11-23(16-28)30-26(33)34-27(3,4)5)25(32)31-14-12-24-22(18-31)15-21(17-29-24)20-9-7-6-8-10-20;1-20(2)28(12-8-25(17-28)30-24-10-14-33-15-11-24)27(32)31-13-9-26-23(19-31)16-22(18-29-26)21-6-4-3-5-7-21/h15,17,19-20,23H,6-14,16,18H2,1-5H3,(H,30,33);16,18,20-21,24-25,30H,3-15,17,19H2,1-2H3/t23-,28+;25-,28+/m11/s1. The lowest BCUT2D eigenvalue weighted by molar-refractivity contribution is -0.146.